The lowest BCUT2D eigenvalue weighted by molar-refractivity contribution is -0.129. The molecule has 0 aliphatic heterocycles. The van der Waals surface area contributed by atoms with Gasteiger partial charge in [0, 0.05) is 31.9 Å². The zero-order chi connectivity index (χ0) is 10.8. The molecule has 0 fully saturated rings. The highest BCUT2D eigenvalue weighted by Gasteiger charge is 2.08. The average Bonchev–Trinajstić information content (AvgIpc) is 2.62. The van der Waals surface area contributed by atoms with E-state index in [-0.39, 0.29) is 5.91 Å². The number of carbonyl (C=O) groups is 1. The van der Waals surface area contributed by atoms with Gasteiger partial charge in [-0.3, -0.25) is 4.79 Å². The second-order valence-electron chi connectivity index (χ2n) is 3.53. The first-order chi connectivity index (χ1) is 7.18. The van der Waals surface area contributed by atoms with Crippen LogP contribution in [0.15, 0.2) is 24.8 Å². The maximum Gasteiger partial charge on any atom is 0.242 e. The van der Waals surface area contributed by atoms with E-state index < -0.39 is 0 Å². The molecule has 0 saturated carbocycles. The minimum atomic E-state index is 0.0473. The van der Waals surface area contributed by atoms with Crippen molar-refractivity contribution >= 4 is 16.9 Å². The van der Waals surface area contributed by atoms with Crippen molar-refractivity contribution in [3.63, 3.8) is 0 Å². The predicted octanol–water partition coefficient (Wildman–Crippen LogP) is 0.519. The van der Waals surface area contributed by atoms with Gasteiger partial charge in [0.05, 0.1) is 0 Å². The molecule has 1 amide bonds. The smallest absolute Gasteiger partial charge is 0.242 e. The van der Waals surface area contributed by atoms with Crippen molar-refractivity contribution in [1.82, 2.24) is 19.4 Å². The fraction of sp³-hybridized carbons (Fsp3) is 0.300. The van der Waals surface area contributed by atoms with Gasteiger partial charge >= 0.3 is 0 Å². The highest BCUT2D eigenvalue weighted by atomic mass is 16.2. The largest absolute Gasteiger partial charge is 0.347 e. The number of rotatable bonds is 2. The SMILES string of the molecule is CN(C)C(=O)Cn1ccc2cncnc21. The van der Waals surface area contributed by atoms with E-state index in [1.165, 1.54) is 6.33 Å². The van der Waals surface area contributed by atoms with Gasteiger partial charge in [0.15, 0.2) is 0 Å². The Hall–Kier alpha value is -1.91. The summed E-state index contributed by atoms with van der Waals surface area (Å²) in [5.41, 5.74) is 0.792. The summed E-state index contributed by atoms with van der Waals surface area (Å²) in [5, 5.41) is 0.948. The Morgan fingerprint density at radius 2 is 2.33 bits per heavy atom. The second-order valence-corrected chi connectivity index (χ2v) is 3.53. The zero-order valence-corrected chi connectivity index (χ0v) is 8.71. The van der Waals surface area contributed by atoms with Gasteiger partial charge < -0.3 is 9.47 Å². The molecule has 0 saturated heterocycles. The van der Waals surface area contributed by atoms with Gasteiger partial charge in [0.25, 0.3) is 0 Å². The molecule has 0 aliphatic carbocycles. The molecule has 78 valence electrons. The molecular weight excluding hydrogens is 192 g/mol. The van der Waals surface area contributed by atoms with Crippen LogP contribution in [0.5, 0.6) is 0 Å². The number of fused-ring (bicyclic) bond motifs is 1. The normalized spacial score (nSPS) is 10.5. The van der Waals surface area contributed by atoms with Crippen LogP contribution in [-0.2, 0) is 11.3 Å². The van der Waals surface area contributed by atoms with Crippen molar-refractivity contribution in [2.45, 2.75) is 6.54 Å². The van der Waals surface area contributed by atoms with Crippen LogP contribution in [0, 0.1) is 0 Å². The van der Waals surface area contributed by atoms with Gasteiger partial charge in [-0.25, -0.2) is 9.97 Å². The predicted molar refractivity (Wildman–Crippen MR) is 56.2 cm³/mol. The van der Waals surface area contributed by atoms with Crippen LogP contribution in [0.2, 0.25) is 0 Å². The molecule has 0 atom stereocenters. The van der Waals surface area contributed by atoms with Crippen molar-refractivity contribution in [3.05, 3.63) is 24.8 Å². The first-order valence-corrected chi connectivity index (χ1v) is 4.63. The molecule has 2 heterocycles. The molecule has 5 nitrogen and oxygen atoms in total. The average molecular weight is 204 g/mol. The third kappa shape index (κ3) is 1.81. The number of amides is 1. The second kappa shape index (κ2) is 3.68. The molecule has 0 spiro atoms. The third-order valence-corrected chi connectivity index (χ3v) is 2.23. The first kappa shape index (κ1) is 9.64. The van der Waals surface area contributed by atoms with Crippen LogP contribution < -0.4 is 0 Å². The number of likely N-dealkylation sites (N-methyl/N-ethyl adjacent to an activating group) is 1. The summed E-state index contributed by atoms with van der Waals surface area (Å²) in [7, 11) is 3.48. The van der Waals surface area contributed by atoms with Crippen LogP contribution >= 0.6 is 0 Å². The number of carbonyl (C=O) groups excluding carboxylic acids is 1. The molecule has 2 aromatic rings. The molecule has 5 heteroatoms. The fourth-order valence-electron chi connectivity index (χ4n) is 1.35. The lowest BCUT2D eigenvalue weighted by Crippen LogP contribution is -2.26. The molecule has 0 radical (unpaired) electrons. The number of hydrogen-bond donors (Lipinski definition) is 0. The molecule has 0 N–H and O–H groups in total. The first-order valence-electron chi connectivity index (χ1n) is 4.63. The highest BCUT2D eigenvalue weighted by Crippen LogP contribution is 2.10. The van der Waals surface area contributed by atoms with Gasteiger partial charge in [-0.15, -0.1) is 0 Å². The monoisotopic (exact) mass is 204 g/mol. The van der Waals surface area contributed by atoms with Crippen LogP contribution in [0.1, 0.15) is 0 Å². The molecule has 0 bridgehead atoms. The van der Waals surface area contributed by atoms with Crippen molar-refractivity contribution < 1.29 is 4.79 Å². The van der Waals surface area contributed by atoms with E-state index >= 15 is 0 Å². The molecule has 15 heavy (non-hydrogen) atoms. The van der Waals surface area contributed by atoms with Gasteiger partial charge in [-0.1, -0.05) is 0 Å². The quantitative estimate of drug-likeness (QED) is 0.716. The van der Waals surface area contributed by atoms with E-state index in [0.29, 0.717) is 6.54 Å². The summed E-state index contributed by atoms with van der Waals surface area (Å²) in [6.07, 6.45) is 5.07. The highest BCUT2D eigenvalue weighted by molar-refractivity contribution is 5.80. The van der Waals surface area contributed by atoms with Crippen LogP contribution in [0.25, 0.3) is 11.0 Å². The number of hydrogen-bond acceptors (Lipinski definition) is 3. The van der Waals surface area contributed by atoms with Crippen molar-refractivity contribution in [2.24, 2.45) is 0 Å². The van der Waals surface area contributed by atoms with E-state index in [0.717, 1.165) is 11.0 Å². The van der Waals surface area contributed by atoms with Gasteiger partial charge in [-0.2, -0.15) is 0 Å². The van der Waals surface area contributed by atoms with E-state index in [1.807, 2.05) is 16.8 Å². The Labute approximate surface area is 87.4 Å². The Kier molecular flexibility index (Phi) is 2.37. The molecule has 0 aromatic carbocycles. The molecular formula is C10H12N4O. The lowest BCUT2D eigenvalue weighted by Gasteiger charge is -2.10. The number of aromatic nitrogens is 3. The van der Waals surface area contributed by atoms with Crippen molar-refractivity contribution in [3.8, 4) is 0 Å². The van der Waals surface area contributed by atoms with Crippen LogP contribution in [-0.4, -0.2) is 39.4 Å². The number of nitrogens with zero attached hydrogens (tertiary/aromatic N) is 4. The summed E-state index contributed by atoms with van der Waals surface area (Å²) in [5.74, 6) is 0.0473. The van der Waals surface area contributed by atoms with E-state index in [9.17, 15) is 4.79 Å². The molecule has 0 unspecified atom stereocenters. The Morgan fingerprint density at radius 3 is 3.07 bits per heavy atom. The topological polar surface area (TPSA) is 51.0 Å². The van der Waals surface area contributed by atoms with E-state index in [2.05, 4.69) is 9.97 Å². The maximum atomic E-state index is 11.5. The Bertz CT molecular complexity index is 489. The molecule has 2 aromatic heterocycles. The van der Waals surface area contributed by atoms with Gasteiger partial charge in [0.2, 0.25) is 5.91 Å². The standard InChI is InChI=1S/C10H12N4O/c1-13(2)9(15)6-14-4-3-8-5-11-7-12-10(8)14/h3-5,7H,6H2,1-2H3. The zero-order valence-electron chi connectivity index (χ0n) is 8.71. The minimum absolute atomic E-state index is 0.0473. The third-order valence-electron chi connectivity index (χ3n) is 2.23. The van der Waals surface area contributed by atoms with Crippen molar-refractivity contribution in [2.75, 3.05) is 14.1 Å². The van der Waals surface area contributed by atoms with Crippen LogP contribution in [0.3, 0.4) is 0 Å². The fourth-order valence-corrected chi connectivity index (χ4v) is 1.35. The van der Waals surface area contributed by atoms with E-state index in [4.69, 9.17) is 0 Å². The van der Waals surface area contributed by atoms with Crippen molar-refractivity contribution in [1.29, 1.82) is 0 Å². The van der Waals surface area contributed by atoms with E-state index in [1.54, 1.807) is 25.2 Å². The molecule has 2 rings (SSSR count). The summed E-state index contributed by atoms with van der Waals surface area (Å²) >= 11 is 0. The molecule has 0 aliphatic rings. The Morgan fingerprint density at radius 1 is 1.53 bits per heavy atom. The minimum Gasteiger partial charge on any atom is -0.347 e. The summed E-state index contributed by atoms with van der Waals surface area (Å²) in [4.78, 5) is 21.1. The van der Waals surface area contributed by atoms with Gasteiger partial charge in [0.1, 0.15) is 18.5 Å². The summed E-state index contributed by atoms with van der Waals surface area (Å²) < 4.78 is 1.82. The Balaban J connectivity index is 2.33. The van der Waals surface area contributed by atoms with Gasteiger partial charge in [-0.05, 0) is 6.07 Å². The maximum absolute atomic E-state index is 11.5. The summed E-state index contributed by atoms with van der Waals surface area (Å²) in [6, 6.07) is 1.90. The van der Waals surface area contributed by atoms with Crippen LogP contribution in [0.4, 0.5) is 0 Å². The summed E-state index contributed by atoms with van der Waals surface area (Å²) in [6.45, 7) is 0.313. The lowest BCUT2D eigenvalue weighted by atomic mass is 10.4.